The first kappa shape index (κ1) is 22.0. The molecule has 2 aromatic carbocycles. The van der Waals surface area contributed by atoms with E-state index in [9.17, 15) is 4.79 Å². The molecule has 8 heteroatoms. The van der Waals surface area contributed by atoms with Crippen molar-refractivity contribution >= 4 is 40.7 Å². The summed E-state index contributed by atoms with van der Waals surface area (Å²) < 4.78 is 11.4. The van der Waals surface area contributed by atoms with Crippen molar-refractivity contribution in [3.05, 3.63) is 86.7 Å². The second-order valence-corrected chi connectivity index (χ2v) is 8.53. The van der Waals surface area contributed by atoms with Gasteiger partial charge in [-0.05, 0) is 42.5 Å². The normalized spacial score (nSPS) is 14.6. The molecule has 0 bridgehead atoms. The van der Waals surface area contributed by atoms with E-state index in [4.69, 9.17) is 44.0 Å². The summed E-state index contributed by atoms with van der Waals surface area (Å²) in [5.74, 6) is 1.42. The molecular formula is C23H21Cl3N2O3. The first-order chi connectivity index (χ1) is 15.0. The molecule has 31 heavy (non-hydrogen) atoms. The molecule has 1 aliphatic rings. The number of carbonyl (C=O) groups is 1. The van der Waals surface area contributed by atoms with E-state index in [1.165, 1.54) is 0 Å². The van der Waals surface area contributed by atoms with Gasteiger partial charge in [0.15, 0.2) is 5.76 Å². The van der Waals surface area contributed by atoms with E-state index in [2.05, 4.69) is 4.90 Å². The molecule has 1 fully saturated rings. The van der Waals surface area contributed by atoms with Crippen LogP contribution in [0.1, 0.15) is 21.9 Å². The second kappa shape index (κ2) is 9.96. The van der Waals surface area contributed by atoms with Crippen molar-refractivity contribution in [1.82, 2.24) is 9.80 Å². The van der Waals surface area contributed by atoms with Gasteiger partial charge in [0.25, 0.3) is 5.91 Å². The Morgan fingerprint density at radius 1 is 0.935 bits per heavy atom. The van der Waals surface area contributed by atoms with Gasteiger partial charge in [-0.2, -0.15) is 0 Å². The van der Waals surface area contributed by atoms with Gasteiger partial charge in [0, 0.05) is 53.4 Å². The maximum absolute atomic E-state index is 12.8. The van der Waals surface area contributed by atoms with Crippen LogP contribution in [0.2, 0.25) is 15.1 Å². The highest BCUT2D eigenvalue weighted by molar-refractivity contribution is 6.36. The number of carbonyl (C=O) groups excluding carboxylic acids is 1. The highest BCUT2D eigenvalue weighted by atomic mass is 35.5. The van der Waals surface area contributed by atoms with Crippen molar-refractivity contribution in [2.24, 2.45) is 0 Å². The lowest BCUT2D eigenvalue weighted by molar-refractivity contribution is 0.0594. The summed E-state index contributed by atoms with van der Waals surface area (Å²) in [6, 6.07) is 16.1. The summed E-state index contributed by atoms with van der Waals surface area (Å²) in [6.07, 6.45) is 0. The van der Waals surface area contributed by atoms with Crippen LogP contribution in [0.4, 0.5) is 0 Å². The summed E-state index contributed by atoms with van der Waals surface area (Å²) in [6.45, 7) is 3.57. The predicted molar refractivity (Wildman–Crippen MR) is 122 cm³/mol. The molecule has 5 nitrogen and oxygen atoms in total. The molecule has 162 valence electrons. The topological polar surface area (TPSA) is 45.9 Å². The molecule has 0 spiro atoms. The second-order valence-electron chi connectivity index (χ2n) is 7.28. The zero-order valence-electron chi connectivity index (χ0n) is 16.7. The Bertz CT molecular complexity index is 1040. The number of amides is 1. The van der Waals surface area contributed by atoms with Gasteiger partial charge in [0.05, 0.1) is 0 Å². The third-order valence-electron chi connectivity index (χ3n) is 5.15. The Morgan fingerprint density at radius 3 is 2.35 bits per heavy atom. The summed E-state index contributed by atoms with van der Waals surface area (Å²) in [7, 11) is 0. The Labute approximate surface area is 196 Å². The Balaban J connectivity index is 1.30. The molecule has 1 aliphatic heterocycles. The first-order valence-electron chi connectivity index (χ1n) is 9.91. The lowest BCUT2D eigenvalue weighted by atomic mass is 10.2. The fraction of sp³-hybridized carbons (Fsp3) is 0.261. The van der Waals surface area contributed by atoms with E-state index >= 15 is 0 Å². The predicted octanol–water partition coefficient (Wildman–Crippen LogP) is 5.78. The lowest BCUT2D eigenvalue weighted by Crippen LogP contribution is -2.48. The lowest BCUT2D eigenvalue weighted by Gasteiger charge is -2.34. The third-order valence-corrected chi connectivity index (χ3v) is 6.10. The highest BCUT2D eigenvalue weighted by Crippen LogP contribution is 2.26. The fourth-order valence-electron chi connectivity index (χ4n) is 3.45. The van der Waals surface area contributed by atoms with E-state index in [1.54, 1.807) is 29.2 Å². The molecule has 1 aromatic heterocycles. The van der Waals surface area contributed by atoms with Crippen LogP contribution in [0.25, 0.3) is 0 Å². The Kier molecular flexibility index (Phi) is 7.08. The fourth-order valence-corrected chi connectivity index (χ4v) is 4.15. The van der Waals surface area contributed by atoms with Crippen LogP contribution in [0.5, 0.6) is 5.75 Å². The van der Waals surface area contributed by atoms with Crippen LogP contribution in [-0.4, -0.2) is 41.9 Å². The Hall–Kier alpha value is -2.18. The number of rotatable bonds is 6. The molecule has 1 saturated heterocycles. The van der Waals surface area contributed by atoms with Crippen LogP contribution in [0.3, 0.4) is 0 Å². The largest absolute Gasteiger partial charge is 0.486 e. The molecule has 4 rings (SSSR count). The van der Waals surface area contributed by atoms with E-state index in [0.717, 1.165) is 18.7 Å². The number of benzene rings is 2. The zero-order chi connectivity index (χ0) is 21.8. The van der Waals surface area contributed by atoms with Gasteiger partial charge in [0.1, 0.15) is 18.1 Å². The van der Waals surface area contributed by atoms with Crippen molar-refractivity contribution < 1.29 is 13.9 Å². The number of hydrogen-bond acceptors (Lipinski definition) is 4. The van der Waals surface area contributed by atoms with Gasteiger partial charge >= 0.3 is 0 Å². The van der Waals surface area contributed by atoms with Crippen molar-refractivity contribution in [1.29, 1.82) is 0 Å². The number of furan rings is 1. The summed E-state index contributed by atoms with van der Waals surface area (Å²) in [5.41, 5.74) is 0.918. The van der Waals surface area contributed by atoms with Crippen LogP contribution < -0.4 is 4.74 Å². The Morgan fingerprint density at radius 2 is 1.65 bits per heavy atom. The molecule has 0 N–H and O–H groups in total. The van der Waals surface area contributed by atoms with Gasteiger partial charge in [-0.15, -0.1) is 0 Å². The van der Waals surface area contributed by atoms with E-state index < -0.39 is 0 Å². The van der Waals surface area contributed by atoms with Crippen molar-refractivity contribution in [2.45, 2.75) is 13.2 Å². The molecule has 0 radical (unpaired) electrons. The van der Waals surface area contributed by atoms with Gasteiger partial charge in [-0.3, -0.25) is 9.69 Å². The average Bonchev–Trinajstić information content (AvgIpc) is 3.24. The minimum Gasteiger partial charge on any atom is -0.486 e. The molecule has 0 aliphatic carbocycles. The first-order valence-corrected chi connectivity index (χ1v) is 11.0. The van der Waals surface area contributed by atoms with Gasteiger partial charge in [-0.1, -0.05) is 46.9 Å². The SMILES string of the molecule is O=C(c1ccc(COc2cccc(Cl)c2)o1)N1CCN(Cc2c(Cl)cccc2Cl)CC1. The standard InChI is InChI=1S/C23H21Cl3N2O3/c24-16-3-1-4-17(13-16)30-15-18-7-8-22(31-18)23(29)28-11-9-27(10-12-28)14-19-20(25)5-2-6-21(19)26/h1-8,13H,9-12,14-15H2. The molecule has 1 amide bonds. The molecule has 0 unspecified atom stereocenters. The van der Waals surface area contributed by atoms with E-state index in [-0.39, 0.29) is 12.5 Å². The summed E-state index contributed by atoms with van der Waals surface area (Å²) in [4.78, 5) is 16.9. The molecule has 3 aromatic rings. The van der Waals surface area contributed by atoms with Crippen LogP contribution in [0.15, 0.2) is 59.0 Å². The quantitative estimate of drug-likeness (QED) is 0.450. The number of hydrogen-bond donors (Lipinski definition) is 0. The average molecular weight is 480 g/mol. The minimum atomic E-state index is -0.121. The van der Waals surface area contributed by atoms with E-state index in [0.29, 0.717) is 52.0 Å². The number of piperazine rings is 1. The molecular weight excluding hydrogens is 459 g/mol. The molecule has 0 atom stereocenters. The number of ether oxygens (including phenoxy) is 1. The van der Waals surface area contributed by atoms with Crippen molar-refractivity contribution in [2.75, 3.05) is 26.2 Å². The monoisotopic (exact) mass is 478 g/mol. The minimum absolute atomic E-state index is 0.121. The molecule has 2 heterocycles. The zero-order valence-corrected chi connectivity index (χ0v) is 19.0. The number of nitrogens with zero attached hydrogens (tertiary/aromatic N) is 2. The van der Waals surface area contributed by atoms with E-state index in [1.807, 2.05) is 30.3 Å². The third kappa shape index (κ3) is 5.55. The maximum Gasteiger partial charge on any atom is 0.289 e. The smallest absolute Gasteiger partial charge is 0.289 e. The molecule has 0 saturated carbocycles. The number of halogens is 3. The summed E-state index contributed by atoms with van der Waals surface area (Å²) in [5, 5.41) is 1.92. The van der Waals surface area contributed by atoms with Gasteiger partial charge in [-0.25, -0.2) is 0 Å². The maximum atomic E-state index is 12.8. The van der Waals surface area contributed by atoms with Crippen molar-refractivity contribution in [3.8, 4) is 5.75 Å². The summed E-state index contributed by atoms with van der Waals surface area (Å²) >= 11 is 18.5. The van der Waals surface area contributed by atoms with Gasteiger partial charge < -0.3 is 14.1 Å². The van der Waals surface area contributed by atoms with Gasteiger partial charge in [0.2, 0.25) is 0 Å². The van der Waals surface area contributed by atoms with Crippen LogP contribution >= 0.6 is 34.8 Å². The van der Waals surface area contributed by atoms with Crippen molar-refractivity contribution in [3.63, 3.8) is 0 Å². The van der Waals surface area contributed by atoms with Crippen LogP contribution in [0, 0.1) is 0 Å². The highest BCUT2D eigenvalue weighted by Gasteiger charge is 2.25. The van der Waals surface area contributed by atoms with Crippen LogP contribution in [-0.2, 0) is 13.2 Å².